The van der Waals surface area contributed by atoms with E-state index in [-0.39, 0.29) is 12.1 Å². The Morgan fingerprint density at radius 3 is 2.69 bits per heavy atom. The molecule has 0 aromatic heterocycles. The van der Waals surface area contributed by atoms with Crippen LogP contribution in [0.3, 0.4) is 0 Å². The predicted octanol–water partition coefficient (Wildman–Crippen LogP) is 4.16. The summed E-state index contributed by atoms with van der Waals surface area (Å²) in [7, 11) is 3.37. The molecule has 3 nitrogen and oxygen atoms in total. The van der Waals surface area contributed by atoms with E-state index >= 15 is 0 Å². The number of hydrogen-bond donors (Lipinski definition) is 2. The van der Waals surface area contributed by atoms with Gasteiger partial charge in [0.15, 0.2) is 0 Å². The van der Waals surface area contributed by atoms with E-state index in [9.17, 15) is 0 Å². The molecule has 3 unspecified atom stereocenters. The number of terminal acetylenes is 1. The molecule has 2 fully saturated rings. The van der Waals surface area contributed by atoms with Crippen LogP contribution in [0.25, 0.3) is 0 Å². The third-order valence-corrected chi connectivity index (χ3v) is 6.15. The van der Waals surface area contributed by atoms with Crippen LogP contribution in [0.1, 0.15) is 25.3 Å². The smallest absolute Gasteiger partial charge is 0.137 e. The van der Waals surface area contributed by atoms with Gasteiger partial charge in [-0.2, -0.15) is 0 Å². The first kappa shape index (κ1) is 20.6. The summed E-state index contributed by atoms with van der Waals surface area (Å²) in [5.74, 6) is 2.89. The van der Waals surface area contributed by atoms with Gasteiger partial charge in [0.1, 0.15) is 5.75 Å². The molecule has 0 aliphatic heterocycles. The number of allylic oxidation sites excluding steroid dienone is 4. The molecular weight excluding hydrogens is 346 g/mol. The van der Waals surface area contributed by atoms with Crippen LogP contribution < -0.4 is 10.1 Å². The van der Waals surface area contributed by atoms with Crippen molar-refractivity contribution in [1.82, 2.24) is 5.32 Å². The first-order chi connectivity index (χ1) is 12.6. The van der Waals surface area contributed by atoms with Gasteiger partial charge in [0, 0.05) is 5.41 Å². The second-order valence-electron chi connectivity index (χ2n) is 6.86. The first-order valence-electron chi connectivity index (χ1n) is 8.91. The summed E-state index contributed by atoms with van der Waals surface area (Å²) in [6.45, 7) is 2.48. The molecule has 0 spiro atoms. The molecule has 4 heteroatoms. The fourth-order valence-electron chi connectivity index (χ4n) is 4.73. The van der Waals surface area contributed by atoms with Crippen LogP contribution in [0.5, 0.6) is 5.75 Å². The number of benzene rings is 1. The van der Waals surface area contributed by atoms with Crippen LogP contribution in [-0.4, -0.2) is 26.0 Å². The molecule has 3 aliphatic rings. The van der Waals surface area contributed by atoms with E-state index in [1.165, 1.54) is 18.4 Å². The number of fused-ring (bicyclic) bond motifs is 1. The van der Waals surface area contributed by atoms with Gasteiger partial charge in [-0.05, 0) is 55.3 Å². The average molecular weight is 374 g/mol. The summed E-state index contributed by atoms with van der Waals surface area (Å²) in [5, 5.41) is 11.0. The minimum atomic E-state index is 0.0694. The summed E-state index contributed by atoms with van der Waals surface area (Å²) < 4.78 is 5.42. The SMILES string of the molecule is C#C.CNCO.COc1cc(C23C4C=CC=C(CC[C@@H]2C)C43)ccc1Cl. The Kier molecular flexibility index (Phi) is 6.94. The molecule has 4 rings (SSSR count). The highest BCUT2D eigenvalue weighted by Gasteiger charge is 2.69. The van der Waals surface area contributed by atoms with Crippen molar-refractivity contribution in [3.8, 4) is 18.6 Å². The van der Waals surface area contributed by atoms with Crippen molar-refractivity contribution in [2.24, 2.45) is 17.8 Å². The fraction of sp³-hybridized carbons (Fsp3) is 0.455. The highest BCUT2D eigenvalue weighted by molar-refractivity contribution is 6.32. The molecule has 1 aromatic carbocycles. The maximum atomic E-state index is 7.76. The first-order valence-corrected chi connectivity index (χ1v) is 9.29. The van der Waals surface area contributed by atoms with Gasteiger partial charge in [0.05, 0.1) is 18.9 Å². The molecule has 0 heterocycles. The molecule has 140 valence electrons. The number of hydrogen-bond acceptors (Lipinski definition) is 3. The van der Waals surface area contributed by atoms with Crippen molar-refractivity contribution in [3.05, 3.63) is 52.6 Å². The molecule has 2 N–H and O–H groups in total. The Morgan fingerprint density at radius 2 is 2.08 bits per heavy atom. The molecule has 4 atom stereocenters. The summed E-state index contributed by atoms with van der Waals surface area (Å²) >= 11 is 6.19. The second kappa shape index (κ2) is 8.77. The Balaban J connectivity index is 0.000000361. The van der Waals surface area contributed by atoms with Crippen LogP contribution in [0, 0.1) is 30.6 Å². The van der Waals surface area contributed by atoms with Crippen molar-refractivity contribution in [2.75, 3.05) is 20.9 Å². The quantitative estimate of drug-likeness (QED) is 0.617. The topological polar surface area (TPSA) is 41.5 Å². The largest absolute Gasteiger partial charge is 0.495 e. The zero-order valence-electron chi connectivity index (χ0n) is 15.7. The van der Waals surface area contributed by atoms with E-state index < -0.39 is 0 Å². The maximum Gasteiger partial charge on any atom is 0.137 e. The van der Waals surface area contributed by atoms with Gasteiger partial charge in [-0.15, -0.1) is 12.8 Å². The highest BCUT2D eigenvalue weighted by Crippen LogP contribution is 2.72. The monoisotopic (exact) mass is 373 g/mol. The minimum Gasteiger partial charge on any atom is -0.495 e. The maximum absolute atomic E-state index is 7.76. The Hall–Kier alpha value is -1.73. The fourth-order valence-corrected chi connectivity index (χ4v) is 4.92. The van der Waals surface area contributed by atoms with Gasteiger partial charge in [-0.1, -0.05) is 48.4 Å². The lowest BCUT2D eigenvalue weighted by Gasteiger charge is -2.31. The summed E-state index contributed by atoms with van der Waals surface area (Å²) in [5.41, 5.74) is 3.33. The second-order valence-corrected chi connectivity index (χ2v) is 7.27. The van der Waals surface area contributed by atoms with Gasteiger partial charge in [0.25, 0.3) is 0 Å². The molecule has 0 amide bonds. The lowest BCUT2D eigenvalue weighted by Crippen LogP contribution is -2.26. The number of ether oxygens (including phenoxy) is 1. The average Bonchev–Trinajstić information content (AvgIpc) is 3.39. The van der Waals surface area contributed by atoms with Gasteiger partial charge in [-0.25, -0.2) is 0 Å². The van der Waals surface area contributed by atoms with Crippen LogP contribution in [0.15, 0.2) is 42.0 Å². The van der Waals surface area contributed by atoms with Crippen LogP contribution in [0.4, 0.5) is 0 Å². The molecular formula is C22H28ClNO2. The molecule has 26 heavy (non-hydrogen) atoms. The Bertz CT molecular complexity index is 707. The van der Waals surface area contributed by atoms with E-state index in [1.807, 2.05) is 6.07 Å². The van der Waals surface area contributed by atoms with E-state index in [0.29, 0.717) is 22.8 Å². The Morgan fingerprint density at radius 1 is 1.38 bits per heavy atom. The summed E-state index contributed by atoms with van der Waals surface area (Å²) in [6.07, 6.45) is 17.5. The molecule has 3 aliphatic carbocycles. The van der Waals surface area contributed by atoms with Gasteiger partial charge < -0.3 is 9.84 Å². The standard InChI is InChI=1S/C18H19ClO.C2H7NO.C2H2/c1-11-6-7-12-4-3-5-14-17(12)18(11,14)13-8-9-15(19)16(10-13)20-2;1-3-2-4;1-2/h3-5,8-11,14,17H,6-7H2,1-2H3;3-4H,2H2,1H3;1-2H/t11-,14?,17?,18?;;/m0../s1. The van der Waals surface area contributed by atoms with Crippen molar-refractivity contribution in [1.29, 1.82) is 0 Å². The Labute approximate surface area is 162 Å². The highest BCUT2D eigenvalue weighted by atomic mass is 35.5. The third-order valence-electron chi connectivity index (χ3n) is 5.84. The molecule has 0 radical (unpaired) electrons. The van der Waals surface area contributed by atoms with Crippen molar-refractivity contribution >= 4 is 11.6 Å². The van der Waals surface area contributed by atoms with Crippen LogP contribution >= 0.6 is 11.6 Å². The van der Waals surface area contributed by atoms with E-state index in [2.05, 4.69) is 55.4 Å². The van der Waals surface area contributed by atoms with E-state index in [1.54, 1.807) is 19.7 Å². The van der Waals surface area contributed by atoms with E-state index in [0.717, 1.165) is 5.75 Å². The van der Waals surface area contributed by atoms with Gasteiger partial charge in [0.2, 0.25) is 0 Å². The molecule has 1 aromatic rings. The van der Waals surface area contributed by atoms with Crippen molar-refractivity contribution in [2.45, 2.75) is 25.2 Å². The van der Waals surface area contributed by atoms with Gasteiger partial charge >= 0.3 is 0 Å². The van der Waals surface area contributed by atoms with Crippen LogP contribution in [0.2, 0.25) is 5.02 Å². The number of aliphatic hydroxyl groups excluding tert-OH is 1. The number of nitrogens with one attached hydrogen (secondary N) is 1. The van der Waals surface area contributed by atoms with Crippen LogP contribution in [-0.2, 0) is 5.41 Å². The zero-order valence-corrected chi connectivity index (χ0v) is 16.5. The minimum absolute atomic E-state index is 0.0694. The predicted molar refractivity (Wildman–Crippen MR) is 108 cm³/mol. The normalized spacial score (nSPS) is 29.8. The summed E-state index contributed by atoms with van der Waals surface area (Å²) in [4.78, 5) is 0. The molecule has 2 saturated carbocycles. The number of rotatable bonds is 3. The number of halogens is 1. The molecule has 0 saturated heterocycles. The lowest BCUT2D eigenvalue weighted by atomic mass is 9.73. The number of aliphatic hydroxyl groups is 1. The lowest BCUT2D eigenvalue weighted by molar-refractivity contribution is 0.273. The van der Waals surface area contributed by atoms with Crippen molar-refractivity contribution in [3.63, 3.8) is 0 Å². The van der Waals surface area contributed by atoms with E-state index in [4.69, 9.17) is 21.4 Å². The number of methoxy groups -OCH3 is 1. The third kappa shape index (κ3) is 3.30. The zero-order chi connectivity index (χ0) is 19.3. The van der Waals surface area contributed by atoms with Gasteiger partial charge in [-0.3, -0.25) is 5.32 Å². The van der Waals surface area contributed by atoms with Crippen molar-refractivity contribution < 1.29 is 9.84 Å². The summed E-state index contributed by atoms with van der Waals surface area (Å²) in [6, 6.07) is 6.35. The molecule has 0 bridgehead atoms.